The summed E-state index contributed by atoms with van der Waals surface area (Å²) in [6.07, 6.45) is 8.19. The minimum absolute atomic E-state index is 0.0237. The van der Waals surface area contributed by atoms with E-state index in [1.165, 1.54) is 18.0 Å². The molecule has 12 nitrogen and oxygen atoms in total. The summed E-state index contributed by atoms with van der Waals surface area (Å²) in [5.74, 6) is -0.183. The molecular weight excluding hydrogens is 632 g/mol. The van der Waals surface area contributed by atoms with Crippen LogP contribution in [0.5, 0.6) is 5.75 Å². The van der Waals surface area contributed by atoms with Gasteiger partial charge in [-0.15, -0.1) is 0 Å². The number of fused-ring (bicyclic) bond motifs is 1. The first kappa shape index (κ1) is 33.2. The number of benzene rings is 1. The van der Waals surface area contributed by atoms with Crippen molar-refractivity contribution in [3.05, 3.63) is 41.9 Å². The van der Waals surface area contributed by atoms with Crippen LogP contribution >= 0.6 is 0 Å². The second-order valence-corrected chi connectivity index (χ2v) is 15.3. The van der Waals surface area contributed by atoms with Gasteiger partial charge in [-0.05, 0) is 88.5 Å². The topological polar surface area (TPSA) is 148 Å². The molecule has 0 bridgehead atoms. The third-order valence-corrected chi connectivity index (χ3v) is 12.1. The summed E-state index contributed by atoms with van der Waals surface area (Å²) in [6, 6.07) is 6.38. The fraction of sp³-hybridized carbons (Fsp3) is 0.594. The third kappa shape index (κ3) is 7.88. The van der Waals surface area contributed by atoms with Crippen LogP contribution in [0.2, 0.25) is 0 Å². The lowest BCUT2D eigenvalue weighted by atomic mass is 9.88. The first-order valence-electron chi connectivity index (χ1n) is 16.3. The van der Waals surface area contributed by atoms with Gasteiger partial charge in [0, 0.05) is 24.9 Å². The predicted octanol–water partition coefficient (Wildman–Crippen LogP) is 3.89. The molecular formula is C32H41F2N7O5S. The van der Waals surface area contributed by atoms with E-state index < -0.39 is 22.4 Å². The molecule has 254 valence electrons. The van der Waals surface area contributed by atoms with Crippen LogP contribution in [0.3, 0.4) is 0 Å². The van der Waals surface area contributed by atoms with Crippen LogP contribution in [0.25, 0.3) is 10.9 Å². The maximum Gasteiger partial charge on any atom is 0.387 e. The molecule has 3 fully saturated rings. The number of carbonyl (C=O) groups is 2. The van der Waals surface area contributed by atoms with Crippen molar-refractivity contribution in [2.24, 2.45) is 7.05 Å². The monoisotopic (exact) mass is 673 g/mol. The van der Waals surface area contributed by atoms with Gasteiger partial charge >= 0.3 is 6.61 Å². The Morgan fingerprint density at radius 2 is 1.77 bits per heavy atom. The van der Waals surface area contributed by atoms with Gasteiger partial charge in [-0.1, -0.05) is 12.1 Å². The molecule has 1 atom stereocenters. The highest BCUT2D eigenvalue weighted by Gasteiger charge is 2.33. The molecule has 0 radical (unpaired) electrons. The summed E-state index contributed by atoms with van der Waals surface area (Å²) >= 11 is 0. The van der Waals surface area contributed by atoms with Crippen molar-refractivity contribution in [2.45, 2.75) is 87.5 Å². The minimum atomic E-state index is -3.21. The Bertz CT molecular complexity index is 1690. The van der Waals surface area contributed by atoms with Gasteiger partial charge in [0.25, 0.3) is 0 Å². The van der Waals surface area contributed by atoms with Gasteiger partial charge < -0.3 is 15.0 Å². The lowest BCUT2D eigenvalue weighted by Crippen LogP contribution is -2.39. The molecule has 1 saturated carbocycles. The highest BCUT2D eigenvalue weighted by molar-refractivity contribution is 7.92. The van der Waals surface area contributed by atoms with E-state index in [2.05, 4.69) is 53.5 Å². The number of ether oxygens (including phenoxy) is 1. The minimum Gasteiger partial charge on any atom is -0.432 e. The van der Waals surface area contributed by atoms with E-state index in [0.29, 0.717) is 56.8 Å². The summed E-state index contributed by atoms with van der Waals surface area (Å²) in [4.78, 5) is 34.4. The number of hydrogen-bond acceptors (Lipinski definition) is 10. The number of aryl methyl sites for hydroxylation is 1. The van der Waals surface area contributed by atoms with Crippen molar-refractivity contribution >= 4 is 38.5 Å². The average Bonchev–Trinajstić information content (AvgIpc) is 3.37. The Morgan fingerprint density at radius 1 is 1.04 bits per heavy atom. The molecule has 1 unspecified atom stereocenters. The van der Waals surface area contributed by atoms with Crippen molar-refractivity contribution in [1.29, 1.82) is 0 Å². The number of imide groups is 1. The van der Waals surface area contributed by atoms with Crippen LogP contribution in [-0.4, -0.2) is 88.2 Å². The van der Waals surface area contributed by atoms with Crippen LogP contribution < -0.4 is 15.4 Å². The maximum atomic E-state index is 13.1. The lowest BCUT2D eigenvalue weighted by Gasteiger charge is -2.32. The number of likely N-dealkylation sites (tertiary alicyclic amines) is 1. The number of hydrogen-bond donors (Lipinski definition) is 2. The second kappa shape index (κ2) is 14.2. The van der Waals surface area contributed by atoms with E-state index in [0.717, 1.165) is 49.1 Å². The second-order valence-electron chi connectivity index (χ2n) is 12.9. The number of rotatable bonds is 11. The highest BCUT2D eigenvalue weighted by atomic mass is 32.2. The van der Waals surface area contributed by atoms with Crippen molar-refractivity contribution in [2.75, 3.05) is 30.7 Å². The number of carbonyl (C=O) groups excluding carboxylic acids is 2. The lowest BCUT2D eigenvalue weighted by molar-refractivity contribution is -0.134. The largest absolute Gasteiger partial charge is 0.432 e. The number of piperidine rings is 2. The van der Waals surface area contributed by atoms with Gasteiger partial charge in [0.05, 0.1) is 40.5 Å². The number of halogens is 2. The van der Waals surface area contributed by atoms with Crippen LogP contribution in [0, 0.1) is 0 Å². The predicted molar refractivity (Wildman–Crippen MR) is 171 cm³/mol. The maximum absolute atomic E-state index is 13.1. The molecule has 6 rings (SSSR count). The Hall–Kier alpha value is -3.72. The summed E-state index contributed by atoms with van der Waals surface area (Å²) in [7, 11) is -1.33. The number of nitrogens with one attached hydrogen (secondary N) is 2. The van der Waals surface area contributed by atoms with Crippen LogP contribution in [0.15, 0.2) is 30.6 Å². The molecule has 3 aromatic rings. The molecule has 2 amide bonds. The SMILES string of the molecule is Cn1nc(C2CCC(=O)NC2=O)c2ccc(C3CCN(CCCS(=O)(=O)C4CCC(Nc5ncc(OC(F)F)cn5)CC4)CC3)cc21. The third-order valence-electron chi connectivity index (χ3n) is 9.80. The van der Waals surface area contributed by atoms with Crippen molar-refractivity contribution in [3.8, 4) is 5.75 Å². The first-order valence-corrected chi connectivity index (χ1v) is 18.0. The fourth-order valence-electron chi connectivity index (χ4n) is 7.22. The fourth-order valence-corrected chi connectivity index (χ4v) is 9.07. The van der Waals surface area contributed by atoms with Crippen molar-refractivity contribution in [3.63, 3.8) is 0 Å². The van der Waals surface area contributed by atoms with E-state index in [9.17, 15) is 26.8 Å². The first-order chi connectivity index (χ1) is 22.6. The molecule has 0 spiro atoms. The zero-order chi connectivity index (χ0) is 33.1. The molecule has 2 aliphatic heterocycles. The zero-order valence-corrected chi connectivity index (χ0v) is 27.2. The molecule has 15 heteroatoms. The van der Waals surface area contributed by atoms with E-state index in [1.807, 2.05) is 11.7 Å². The van der Waals surface area contributed by atoms with Crippen LogP contribution in [-0.2, 0) is 26.5 Å². The Morgan fingerprint density at radius 3 is 2.45 bits per heavy atom. The van der Waals surface area contributed by atoms with Gasteiger partial charge in [-0.2, -0.15) is 13.9 Å². The van der Waals surface area contributed by atoms with Gasteiger partial charge in [-0.3, -0.25) is 19.6 Å². The van der Waals surface area contributed by atoms with Gasteiger partial charge in [0.2, 0.25) is 17.8 Å². The number of amides is 2. The van der Waals surface area contributed by atoms with Gasteiger partial charge in [0.1, 0.15) is 0 Å². The molecule has 1 aromatic carbocycles. The number of anilines is 1. The van der Waals surface area contributed by atoms with Crippen molar-refractivity contribution < 1.29 is 31.5 Å². The number of aromatic nitrogens is 4. The summed E-state index contributed by atoms with van der Waals surface area (Å²) in [5.41, 5.74) is 2.94. The van der Waals surface area contributed by atoms with Gasteiger partial charge in [0.15, 0.2) is 15.6 Å². The Balaban J connectivity index is 0.936. The molecule has 4 heterocycles. The normalized spacial score (nSPS) is 23.3. The van der Waals surface area contributed by atoms with E-state index >= 15 is 0 Å². The average molecular weight is 674 g/mol. The highest BCUT2D eigenvalue weighted by Crippen LogP contribution is 2.35. The Labute approximate surface area is 272 Å². The van der Waals surface area contributed by atoms with E-state index in [4.69, 9.17) is 0 Å². The van der Waals surface area contributed by atoms with Gasteiger partial charge in [-0.25, -0.2) is 18.4 Å². The van der Waals surface area contributed by atoms with E-state index in [-0.39, 0.29) is 34.6 Å². The number of nitrogens with zero attached hydrogens (tertiary/aromatic N) is 5. The molecule has 1 aliphatic carbocycles. The van der Waals surface area contributed by atoms with Crippen LogP contribution in [0.4, 0.5) is 14.7 Å². The zero-order valence-electron chi connectivity index (χ0n) is 26.4. The molecule has 3 aliphatic rings. The smallest absolute Gasteiger partial charge is 0.387 e. The van der Waals surface area contributed by atoms with Crippen molar-refractivity contribution in [1.82, 2.24) is 30.0 Å². The molecule has 2 N–H and O–H groups in total. The van der Waals surface area contributed by atoms with E-state index in [1.54, 1.807) is 0 Å². The summed E-state index contributed by atoms with van der Waals surface area (Å²) in [6.45, 7) is -0.373. The quantitative estimate of drug-likeness (QED) is 0.287. The number of alkyl halides is 2. The Kier molecular flexibility index (Phi) is 10.0. The molecule has 2 aromatic heterocycles. The number of sulfone groups is 1. The summed E-state index contributed by atoms with van der Waals surface area (Å²) in [5, 5.41) is 10.8. The van der Waals surface area contributed by atoms with Crippen LogP contribution in [0.1, 0.15) is 80.9 Å². The standard InChI is InChI=1S/C32H41F2N7O5S/c1-40-27-17-21(3-8-25(27)29(39-40)26-9-10-28(42)38-30(26)43)20-11-14-41(15-12-20)13-2-16-47(44,45)24-6-4-22(5-7-24)37-32-35-18-23(19-36-32)46-31(33)34/h3,8,17-20,22,24,26,31H,2,4-7,9-16H2,1H3,(H,35,36,37)(H,38,42,43). The molecule has 2 saturated heterocycles. The molecule has 47 heavy (non-hydrogen) atoms. The summed E-state index contributed by atoms with van der Waals surface area (Å²) < 4.78 is 57.0.